The minimum absolute atomic E-state index is 0.305. The second-order valence-corrected chi connectivity index (χ2v) is 7.88. The highest BCUT2D eigenvalue weighted by Gasteiger charge is 2.34. The Kier molecular flexibility index (Phi) is 5.18. The van der Waals surface area contributed by atoms with Crippen LogP contribution < -0.4 is 10.6 Å². The van der Waals surface area contributed by atoms with Crippen molar-refractivity contribution in [1.82, 2.24) is 19.7 Å². The molecule has 1 aliphatic heterocycles. The minimum Gasteiger partial charge on any atom is -0.328 e. The highest BCUT2D eigenvalue weighted by Crippen LogP contribution is 2.36. The van der Waals surface area contributed by atoms with Crippen LogP contribution in [0.3, 0.4) is 0 Å². The molecule has 0 radical (unpaired) electrons. The van der Waals surface area contributed by atoms with Crippen LogP contribution in [0.1, 0.15) is 24.1 Å². The van der Waals surface area contributed by atoms with Crippen molar-refractivity contribution in [3.8, 4) is 11.4 Å². The van der Waals surface area contributed by atoms with Crippen molar-refractivity contribution >= 4 is 17.5 Å². The molecule has 2 N–H and O–H groups in total. The van der Waals surface area contributed by atoms with E-state index < -0.39 is 6.04 Å². The molecule has 0 bridgehead atoms. The number of hydrogen-bond acceptors (Lipinski definition) is 5. The van der Waals surface area contributed by atoms with Crippen LogP contribution in [0, 0.1) is 12.7 Å². The fraction of sp³-hybridized carbons (Fsp3) is 0.120. The number of amides is 1. The number of nitrogens with one attached hydrogen (secondary N) is 2. The first-order chi connectivity index (χ1) is 16.0. The molecule has 33 heavy (non-hydrogen) atoms. The van der Waals surface area contributed by atoms with Gasteiger partial charge in [0.15, 0.2) is 5.82 Å². The van der Waals surface area contributed by atoms with E-state index in [2.05, 4.69) is 20.6 Å². The Bertz CT molecular complexity index is 1340. The number of aryl methyl sites for hydroxylation is 1. The molecule has 5 rings (SSSR count). The van der Waals surface area contributed by atoms with E-state index in [-0.39, 0.29) is 11.7 Å². The number of carbonyl (C=O) groups excluding carboxylic acids is 1. The number of benzene rings is 2. The number of nitrogens with zero attached hydrogens (tertiary/aromatic N) is 4. The van der Waals surface area contributed by atoms with Crippen LogP contribution in [0.15, 0.2) is 84.3 Å². The van der Waals surface area contributed by atoms with E-state index in [1.165, 1.54) is 12.1 Å². The number of rotatable bonds is 4. The van der Waals surface area contributed by atoms with Crippen molar-refractivity contribution < 1.29 is 9.18 Å². The van der Waals surface area contributed by atoms with Crippen LogP contribution in [0.25, 0.3) is 11.4 Å². The summed E-state index contributed by atoms with van der Waals surface area (Å²) in [6.45, 7) is 3.83. The molecule has 0 spiro atoms. The lowest BCUT2D eigenvalue weighted by molar-refractivity contribution is -0.113. The van der Waals surface area contributed by atoms with E-state index in [0.29, 0.717) is 28.7 Å². The predicted molar refractivity (Wildman–Crippen MR) is 124 cm³/mol. The Balaban J connectivity index is 1.60. The lowest BCUT2D eigenvalue weighted by atomic mass is 9.95. The van der Waals surface area contributed by atoms with Crippen molar-refractivity contribution in [3.63, 3.8) is 0 Å². The molecule has 1 unspecified atom stereocenters. The normalized spacial score (nSPS) is 15.1. The summed E-state index contributed by atoms with van der Waals surface area (Å²) < 4.78 is 15.4. The number of anilines is 2. The molecule has 164 valence electrons. The fourth-order valence-corrected chi connectivity index (χ4v) is 3.86. The maximum Gasteiger partial charge on any atom is 0.255 e. The largest absolute Gasteiger partial charge is 0.328 e. The molecule has 3 heterocycles. The molecule has 0 fully saturated rings. The third-order valence-corrected chi connectivity index (χ3v) is 5.51. The summed E-state index contributed by atoms with van der Waals surface area (Å²) in [5.74, 6) is 0.385. The van der Waals surface area contributed by atoms with Gasteiger partial charge < -0.3 is 10.6 Å². The first-order valence-corrected chi connectivity index (χ1v) is 10.5. The molecule has 4 aromatic rings. The van der Waals surface area contributed by atoms with Gasteiger partial charge in [-0.05, 0) is 43.7 Å². The number of pyridine rings is 1. The van der Waals surface area contributed by atoms with Crippen LogP contribution in [-0.4, -0.2) is 25.7 Å². The standard InChI is InChI=1S/C25H21FN6O/c1-15-5-7-18(8-6-15)23-30-25-28-16(2)21(24(33)29-20-4-3-13-27-14-20)22(32(25)31-23)17-9-11-19(26)12-10-17/h3-14,22H,1-2H3,(H,29,33)(H,28,30,31). The van der Waals surface area contributed by atoms with Crippen LogP contribution in [0.5, 0.6) is 0 Å². The van der Waals surface area contributed by atoms with Crippen molar-refractivity contribution in [3.05, 3.63) is 101 Å². The Morgan fingerprint density at radius 2 is 1.82 bits per heavy atom. The molecule has 8 heteroatoms. The summed E-state index contributed by atoms with van der Waals surface area (Å²) in [6.07, 6.45) is 3.21. The number of fused-ring (bicyclic) bond motifs is 1. The molecule has 0 saturated carbocycles. The lowest BCUT2D eigenvalue weighted by Gasteiger charge is -2.28. The topological polar surface area (TPSA) is 84.7 Å². The van der Waals surface area contributed by atoms with Gasteiger partial charge in [0.1, 0.15) is 11.9 Å². The third-order valence-electron chi connectivity index (χ3n) is 5.51. The van der Waals surface area contributed by atoms with Crippen LogP contribution in [0.2, 0.25) is 0 Å². The maximum absolute atomic E-state index is 13.7. The highest BCUT2D eigenvalue weighted by atomic mass is 19.1. The van der Waals surface area contributed by atoms with E-state index in [1.54, 1.807) is 41.3 Å². The number of hydrogen-bond donors (Lipinski definition) is 2. The van der Waals surface area contributed by atoms with Crippen LogP contribution in [0.4, 0.5) is 16.0 Å². The summed E-state index contributed by atoms with van der Waals surface area (Å²) in [6, 6.07) is 16.9. The molecule has 2 aromatic carbocycles. The Morgan fingerprint density at radius 3 is 2.52 bits per heavy atom. The van der Waals surface area contributed by atoms with E-state index in [0.717, 1.165) is 16.7 Å². The Morgan fingerprint density at radius 1 is 1.06 bits per heavy atom. The monoisotopic (exact) mass is 440 g/mol. The lowest BCUT2D eigenvalue weighted by Crippen LogP contribution is -2.31. The van der Waals surface area contributed by atoms with Gasteiger partial charge in [0.05, 0.1) is 17.5 Å². The van der Waals surface area contributed by atoms with Crippen molar-refractivity contribution in [2.45, 2.75) is 19.9 Å². The average molecular weight is 440 g/mol. The summed E-state index contributed by atoms with van der Waals surface area (Å²) >= 11 is 0. The average Bonchev–Trinajstić information content (AvgIpc) is 3.23. The molecule has 1 aliphatic rings. The molecular formula is C25H21FN6O. The molecule has 2 aromatic heterocycles. The fourth-order valence-electron chi connectivity index (χ4n) is 3.86. The van der Waals surface area contributed by atoms with Crippen molar-refractivity contribution in [1.29, 1.82) is 0 Å². The zero-order chi connectivity index (χ0) is 22.9. The summed E-state index contributed by atoms with van der Waals surface area (Å²) in [5, 5.41) is 10.8. The van der Waals surface area contributed by atoms with E-state index in [4.69, 9.17) is 5.10 Å². The number of allylic oxidation sites excluding steroid dienone is 1. The van der Waals surface area contributed by atoms with Crippen LogP contribution in [-0.2, 0) is 4.79 Å². The minimum atomic E-state index is -0.592. The van der Waals surface area contributed by atoms with Gasteiger partial charge in [-0.1, -0.05) is 42.0 Å². The maximum atomic E-state index is 13.7. The number of aromatic nitrogens is 4. The molecule has 7 nitrogen and oxygen atoms in total. The summed E-state index contributed by atoms with van der Waals surface area (Å²) in [7, 11) is 0. The van der Waals surface area contributed by atoms with Gasteiger partial charge in [-0.15, -0.1) is 5.10 Å². The van der Waals surface area contributed by atoms with Crippen LogP contribution >= 0.6 is 0 Å². The Hall–Kier alpha value is -4.33. The third kappa shape index (κ3) is 3.98. The van der Waals surface area contributed by atoms with Gasteiger partial charge in [0.2, 0.25) is 5.95 Å². The molecule has 1 amide bonds. The van der Waals surface area contributed by atoms with Crippen molar-refractivity contribution in [2.75, 3.05) is 10.6 Å². The zero-order valence-electron chi connectivity index (χ0n) is 18.1. The quantitative estimate of drug-likeness (QED) is 0.480. The van der Waals surface area contributed by atoms with Gasteiger partial charge in [-0.25, -0.2) is 9.07 Å². The van der Waals surface area contributed by atoms with Gasteiger partial charge in [0.25, 0.3) is 5.91 Å². The SMILES string of the molecule is CC1=C(C(=O)Nc2cccnc2)C(c2ccc(F)cc2)n2nc(-c3ccc(C)cc3)nc2N1. The first kappa shape index (κ1) is 20.6. The second kappa shape index (κ2) is 8.31. The molecule has 0 saturated heterocycles. The van der Waals surface area contributed by atoms with E-state index >= 15 is 0 Å². The first-order valence-electron chi connectivity index (χ1n) is 10.5. The van der Waals surface area contributed by atoms with Gasteiger partial charge >= 0.3 is 0 Å². The predicted octanol–water partition coefficient (Wildman–Crippen LogP) is 4.72. The molecule has 1 atom stereocenters. The van der Waals surface area contributed by atoms with E-state index in [9.17, 15) is 9.18 Å². The number of halogens is 1. The summed E-state index contributed by atoms with van der Waals surface area (Å²) in [5.41, 5.74) is 4.39. The highest BCUT2D eigenvalue weighted by molar-refractivity contribution is 6.05. The van der Waals surface area contributed by atoms with Crippen molar-refractivity contribution in [2.24, 2.45) is 0 Å². The van der Waals surface area contributed by atoms with Gasteiger partial charge in [-0.3, -0.25) is 9.78 Å². The van der Waals surface area contributed by atoms with Gasteiger partial charge in [-0.2, -0.15) is 4.98 Å². The smallest absolute Gasteiger partial charge is 0.255 e. The molecule has 0 aliphatic carbocycles. The zero-order valence-corrected chi connectivity index (χ0v) is 18.1. The number of carbonyl (C=O) groups is 1. The molecular weight excluding hydrogens is 419 g/mol. The van der Waals surface area contributed by atoms with E-state index in [1.807, 2.05) is 38.1 Å². The second-order valence-electron chi connectivity index (χ2n) is 7.88. The Labute approximate surface area is 190 Å². The van der Waals surface area contributed by atoms with Gasteiger partial charge in [0, 0.05) is 17.5 Å². The summed E-state index contributed by atoms with van der Waals surface area (Å²) in [4.78, 5) is 22.1.